The van der Waals surface area contributed by atoms with Crippen molar-refractivity contribution in [3.8, 4) is 0 Å². The third kappa shape index (κ3) is 5.05. The van der Waals surface area contributed by atoms with E-state index >= 15 is 0 Å². The number of aromatic amines is 1. The molecular formula is C17H14Cl3N3OS. The van der Waals surface area contributed by atoms with E-state index in [9.17, 15) is 4.79 Å². The fourth-order valence-electron chi connectivity index (χ4n) is 2.25. The second kappa shape index (κ2) is 7.87. The van der Waals surface area contributed by atoms with E-state index in [0.717, 1.165) is 16.6 Å². The lowest BCUT2D eigenvalue weighted by molar-refractivity contribution is -0.120. The van der Waals surface area contributed by atoms with Crippen molar-refractivity contribution in [1.82, 2.24) is 15.3 Å². The molecular weight excluding hydrogens is 401 g/mol. The summed E-state index contributed by atoms with van der Waals surface area (Å²) in [5.41, 5.74) is 2.57. The Morgan fingerprint density at radius 1 is 1.12 bits per heavy atom. The molecule has 130 valence electrons. The molecule has 1 amide bonds. The fraction of sp³-hybridized carbons (Fsp3) is 0.176. The molecule has 2 N–H and O–H groups in total. The van der Waals surface area contributed by atoms with Crippen LogP contribution in [0.15, 0.2) is 59.8 Å². The van der Waals surface area contributed by atoms with E-state index in [2.05, 4.69) is 15.3 Å². The van der Waals surface area contributed by atoms with Crippen LogP contribution in [-0.4, -0.2) is 25.0 Å². The summed E-state index contributed by atoms with van der Waals surface area (Å²) in [6.07, 6.45) is 0.207. The highest BCUT2D eigenvalue weighted by molar-refractivity contribution is 8.00. The number of hydrogen-bond donors (Lipinski definition) is 2. The number of aromatic nitrogens is 2. The molecule has 4 nitrogen and oxygen atoms in total. The van der Waals surface area contributed by atoms with Crippen LogP contribution in [0.25, 0.3) is 11.0 Å². The van der Waals surface area contributed by atoms with Crippen molar-refractivity contribution in [3.63, 3.8) is 0 Å². The molecule has 0 aliphatic rings. The van der Waals surface area contributed by atoms with E-state index in [-0.39, 0.29) is 12.3 Å². The van der Waals surface area contributed by atoms with E-state index in [4.69, 9.17) is 34.8 Å². The molecule has 3 rings (SSSR count). The second-order valence-electron chi connectivity index (χ2n) is 5.33. The Labute approximate surface area is 164 Å². The zero-order chi connectivity index (χ0) is 17.9. The first kappa shape index (κ1) is 18.4. The minimum absolute atomic E-state index is 0.207. The van der Waals surface area contributed by atoms with Crippen molar-refractivity contribution >= 4 is 63.5 Å². The fourth-order valence-corrected chi connectivity index (χ4v) is 3.69. The number of nitrogens with zero attached hydrogens (tertiary/aromatic N) is 1. The Balaban J connectivity index is 1.72. The number of alkyl halides is 3. The molecule has 0 bridgehead atoms. The SMILES string of the molecule is O=C(Cc1ccccc1)N[C@H](Sc1nc2ccccc2[nH]1)C(Cl)(Cl)Cl. The molecule has 8 heteroatoms. The van der Waals surface area contributed by atoms with Crippen molar-refractivity contribution in [2.24, 2.45) is 0 Å². The van der Waals surface area contributed by atoms with Gasteiger partial charge in [0.2, 0.25) is 9.70 Å². The van der Waals surface area contributed by atoms with Crippen LogP contribution in [0.2, 0.25) is 0 Å². The monoisotopic (exact) mass is 413 g/mol. The van der Waals surface area contributed by atoms with Crippen LogP contribution in [0, 0.1) is 0 Å². The predicted molar refractivity (Wildman–Crippen MR) is 104 cm³/mol. The zero-order valence-corrected chi connectivity index (χ0v) is 16.0. The lowest BCUT2D eigenvalue weighted by Gasteiger charge is -2.24. The first-order chi connectivity index (χ1) is 11.9. The van der Waals surface area contributed by atoms with Crippen molar-refractivity contribution in [2.45, 2.75) is 20.7 Å². The number of hydrogen-bond acceptors (Lipinski definition) is 3. The third-order valence-corrected chi connectivity index (χ3v) is 5.56. The number of rotatable bonds is 5. The first-order valence-electron chi connectivity index (χ1n) is 7.43. The van der Waals surface area contributed by atoms with Gasteiger partial charge in [-0.05, 0) is 17.7 Å². The Hall–Kier alpha value is -1.40. The molecule has 1 heterocycles. The summed E-state index contributed by atoms with van der Waals surface area (Å²) >= 11 is 19.3. The number of para-hydroxylation sites is 2. The summed E-state index contributed by atoms with van der Waals surface area (Å²) in [6, 6.07) is 17.0. The molecule has 25 heavy (non-hydrogen) atoms. The smallest absolute Gasteiger partial charge is 0.225 e. The molecule has 1 aromatic heterocycles. The van der Waals surface area contributed by atoms with Gasteiger partial charge in [-0.3, -0.25) is 4.79 Å². The minimum atomic E-state index is -1.68. The maximum Gasteiger partial charge on any atom is 0.225 e. The molecule has 2 aromatic carbocycles. The summed E-state index contributed by atoms with van der Waals surface area (Å²) < 4.78 is -1.68. The average Bonchev–Trinajstić information content (AvgIpc) is 2.96. The molecule has 0 radical (unpaired) electrons. The largest absolute Gasteiger partial charge is 0.339 e. The first-order valence-corrected chi connectivity index (χ1v) is 9.44. The van der Waals surface area contributed by atoms with Crippen LogP contribution in [0.3, 0.4) is 0 Å². The molecule has 0 saturated heterocycles. The topological polar surface area (TPSA) is 57.8 Å². The van der Waals surface area contributed by atoms with Gasteiger partial charge in [-0.25, -0.2) is 4.98 Å². The maximum atomic E-state index is 12.3. The number of carbonyl (C=O) groups is 1. The van der Waals surface area contributed by atoms with Crippen molar-refractivity contribution < 1.29 is 4.79 Å². The summed E-state index contributed by atoms with van der Waals surface area (Å²) in [4.78, 5) is 19.9. The third-order valence-electron chi connectivity index (χ3n) is 3.39. The summed E-state index contributed by atoms with van der Waals surface area (Å²) in [6.45, 7) is 0. The van der Waals surface area contributed by atoms with Gasteiger partial charge in [0, 0.05) is 0 Å². The minimum Gasteiger partial charge on any atom is -0.339 e. The average molecular weight is 415 g/mol. The Bertz CT molecular complexity index is 831. The Morgan fingerprint density at radius 3 is 2.48 bits per heavy atom. The quantitative estimate of drug-likeness (QED) is 0.361. The maximum absolute atomic E-state index is 12.3. The standard InChI is InChI=1S/C17H14Cl3N3OS/c18-17(19,20)15(23-14(24)10-11-6-2-1-3-7-11)25-16-21-12-8-4-5-9-13(12)22-16/h1-9,15H,10H2,(H,21,22)(H,23,24)/t15-/m1/s1. The van der Waals surface area contributed by atoms with Crippen LogP contribution in [0.4, 0.5) is 0 Å². The van der Waals surface area contributed by atoms with Crippen LogP contribution in [0.1, 0.15) is 5.56 Å². The van der Waals surface area contributed by atoms with E-state index in [0.29, 0.717) is 5.16 Å². The zero-order valence-electron chi connectivity index (χ0n) is 12.9. The number of halogens is 3. The van der Waals surface area contributed by atoms with Gasteiger partial charge in [-0.15, -0.1) is 0 Å². The van der Waals surface area contributed by atoms with Crippen molar-refractivity contribution in [3.05, 3.63) is 60.2 Å². The Morgan fingerprint density at radius 2 is 1.80 bits per heavy atom. The van der Waals surface area contributed by atoms with Gasteiger partial charge in [0.15, 0.2) is 5.16 Å². The summed E-state index contributed by atoms with van der Waals surface area (Å²) in [7, 11) is 0. The number of benzene rings is 2. The summed E-state index contributed by atoms with van der Waals surface area (Å²) in [5.74, 6) is -0.230. The van der Waals surface area contributed by atoms with Crippen LogP contribution < -0.4 is 5.32 Å². The highest BCUT2D eigenvalue weighted by Gasteiger charge is 2.35. The summed E-state index contributed by atoms with van der Waals surface area (Å²) in [5, 5.41) is 2.55. The normalized spacial score (nSPS) is 12.9. The predicted octanol–water partition coefficient (Wildman–Crippen LogP) is 4.71. The van der Waals surface area contributed by atoms with E-state index in [1.54, 1.807) is 0 Å². The van der Waals surface area contributed by atoms with Crippen molar-refractivity contribution in [1.29, 1.82) is 0 Å². The Kier molecular flexibility index (Phi) is 5.79. The van der Waals surface area contributed by atoms with Gasteiger partial charge in [-0.2, -0.15) is 0 Å². The van der Waals surface area contributed by atoms with E-state index in [1.165, 1.54) is 11.8 Å². The van der Waals surface area contributed by atoms with Gasteiger partial charge in [-0.1, -0.05) is 89.0 Å². The number of fused-ring (bicyclic) bond motifs is 1. The number of carbonyl (C=O) groups excluding carboxylic acids is 1. The molecule has 0 unspecified atom stereocenters. The number of amides is 1. The van der Waals surface area contributed by atoms with Crippen LogP contribution in [-0.2, 0) is 11.2 Å². The molecule has 0 spiro atoms. The van der Waals surface area contributed by atoms with Gasteiger partial charge >= 0.3 is 0 Å². The molecule has 1 atom stereocenters. The highest BCUT2D eigenvalue weighted by Crippen LogP contribution is 2.38. The number of nitrogens with one attached hydrogen (secondary N) is 2. The number of thioether (sulfide) groups is 1. The molecule has 0 aliphatic carbocycles. The van der Waals surface area contributed by atoms with Crippen LogP contribution >= 0.6 is 46.6 Å². The number of imidazole rings is 1. The highest BCUT2D eigenvalue weighted by atomic mass is 35.6. The molecule has 0 saturated carbocycles. The van der Waals surface area contributed by atoms with Gasteiger partial charge in [0.05, 0.1) is 17.5 Å². The molecule has 0 fully saturated rings. The van der Waals surface area contributed by atoms with E-state index < -0.39 is 9.17 Å². The van der Waals surface area contributed by atoms with Gasteiger partial charge in [0.1, 0.15) is 5.37 Å². The van der Waals surface area contributed by atoms with E-state index in [1.807, 2.05) is 54.6 Å². The second-order valence-corrected chi connectivity index (χ2v) is 8.79. The lowest BCUT2D eigenvalue weighted by atomic mass is 10.1. The van der Waals surface area contributed by atoms with Gasteiger partial charge in [0.25, 0.3) is 0 Å². The molecule has 0 aliphatic heterocycles. The van der Waals surface area contributed by atoms with Gasteiger partial charge < -0.3 is 10.3 Å². The molecule has 3 aromatic rings. The lowest BCUT2D eigenvalue weighted by Crippen LogP contribution is -2.42. The van der Waals surface area contributed by atoms with Crippen molar-refractivity contribution in [2.75, 3.05) is 0 Å². The van der Waals surface area contributed by atoms with Crippen LogP contribution in [0.5, 0.6) is 0 Å². The number of H-pyrrole nitrogens is 1.